The Bertz CT molecular complexity index is 537. The van der Waals surface area contributed by atoms with Crippen LogP contribution in [0.3, 0.4) is 0 Å². The number of thioether (sulfide) groups is 1. The molecule has 100 valence electrons. The number of nitrogens with one attached hydrogen (secondary N) is 1. The topological polar surface area (TPSA) is 21.3 Å². The summed E-state index contributed by atoms with van der Waals surface area (Å²) in [6, 6.07) is 14.5. The zero-order chi connectivity index (χ0) is 13.7. The zero-order valence-corrected chi connectivity index (χ0v) is 12.4. The van der Waals surface area contributed by atoms with Crippen molar-refractivity contribution in [1.82, 2.24) is 5.32 Å². The van der Waals surface area contributed by atoms with Crippen molar-refractivity contribution in [2.45, 2.75) is 18.4 Å². The summed E-state index contributed by atoms with van der Waals surface area (Å²) in [6.45, 7) is 2.91. The van der Waals surface area contributed by atoms with Crippen LogP contribution in [0.15, 0.2) is 47.4 Å². The van der Waals surface area contributed by atoms with Crippen molar-refractivity contribution in [1.29, 1.82) is 0 Å². The predicted molar refractivity (Wildman–Crippen MR) is 82.2 cm³/mol. The lowest BCUT2D eigenvalue weighted by Gasteiger charge is -2.11. The van der Waals surface area contributed by atoms with E-state index in [2.05, 4.69) is 48.8 Å². The Morgan fingerprint density at radius 3 is 2.47 bits per heavy atom. The summed E-state index contributed by atoms with van der Waals surface area (Å²) < 4.78 is 5.96. The van der Waals surface area contributed by atoms with Crippen LogP contribution >= 0.6 is 11.8 Å². The lowest BCUT2D eigenvalue weighted by molar-refractivity contribution is 0.477. The lowest BCUT2D eigenvalue weighted by atomic mass is 10.1. The minimum Gasteiger partial charge on any atom is -0.457 e. The quantitative estimate of drug-likeness (QED) is 0.824. The van der Waals surface area contributed by atoms with Crippen molar-refractivity contribution in [3.63, 3.8) is 0 Å². The molecule has 2 nitrogen and oxygen atoms in total. The Kier molecular flexibility index (Phi) is 4.88. The molecular formula is C16H19NOS. The molecule has 2 rings (SSSR count). The largest absolute Gasteiger partial charge is 0.457 e. The SMILES string of the molecule is CNCc1ccc(C)c(Oc2ccc(SC)cc2)c1. The van der Waals surface area contributed by atoms with Crippen LogP contribution < -0.4 is 10.1 Å². The van der Waals surface area contributed by atoms with Crippen LogP contribution in [-0.4, -0.2) is 13.3 Å². The Balaban J connectivity index is 2.18. The van der Waals surface area contributed by atoms with Gasteiger partial charge in [0.05, 0.1) is 0 Å². The van der Waals surface area contributed by atoms with Gasteiger partial charge in [-0.2, -0.15) is 0 Å². The molecule has 0 saturated carbocycles. The first-order valence-electron chi connectivity index (χ1n) is 6.29. The number of hydrogen-bond acceptors (Lipinski definition) is 3. The van der Waals surface area contributed by atoms with E-state index in [9.17, 15) is 0 Å². The highest BCUT2D eigenvalue weighted by Crippen LogP contribution is 2.27. The molecule has 0 heterocycles. The number of rotatable bonds is 5. The molecule has 0 bridgehead atoms. The van der Waals surface area contributed by atoms with Crippen LogP contribution in [0.4, 0.5) is 0 Å². The summed E-state index contributed by atoms with van der Waals surface area (Å²) in [5, 5.41) is 3.15. The molecule has 0 radical (unpaired) electrons. The van der Waals surface area contributed by atoms with Gasteiger partial charge >= 0.3 is 0 Å². The molecule has 0 aromatic heterocycles. The maximum atomic E-state index is 5.96. The average molecular weight is 273 g/mol. The highest BCUT2D eigenvalue weighted by Gasteiger charge is 2.03. The Labute approximate surface area is 119 Å². The summed E-state index contributed by atoms with van der Waals surface area (Å²) in [6.07, 6.45) is 2.07. The highest BCUT2D eigenvalue weighted by atomic mass is 32.2. The van der Waals surface area contributed by atoms with Gasteiger partial charge in [0, 0.05) is 11.4 Å². The Morgan fingerprint density at radius 1 is 1.11 bits per heavy atom. The molecule has 0 spiro atoms. The van der Waals surface area contributed by atoms with Crippen LogP contribution in [0, 0.1) is 6.92 Å². The Hall–Kier alpha value is -1.45. The van der Waals surface area contributed by atoms with E-state index in [1.165, 1.54) is 10.5 Å². The van der Waals surface area contributed by atoms with E-state index in [0.717, 1.165) is 23.6 Å². The van der Waals surface area contributed by atoms with Crippen LogP contribution in [0.25, 0.3) is 0 Å². The molecule has 0 aliphatic rings. The third-order valence-electron chi connectivity index (χ3n) is 2.92. The fourth-order valence-corrected chi connectivity index (χ4v) is 2.25. The smallest absolute Gasteiger partial charge is 0.130 e. The molecule has 2 aromatic carbocycles. The van der Waals surface area contributed by atoms with Crippen LogP contribution in [0.5, 0.6) is 11.5 Å². The molecule has 0 atom stereocenters. The summed E-state index contributed by atoms with van der Waals surface area (Å²) in [5.74, 6) is 1.80. The van der Waals surface area contributed by atoms with Crippen molar-refractivity contribution < 1.29 is 4.74 Å². The zero-order valence-electron chi connectivity index (χ0n) is 11.6. The standard InChI is InChI=1S/C16H19NOS/c1-12-4-5-13(11-17-2)10-16(12)18-14-6-8-15(19-3)9-7-14/h4-10,17H,11H2,1-3H3. The van der Waals surface area contributed by atoms with Crippen LogP contribution in [0.2, 0.25) is 0 Å². The van der Waals surface area contributed by atoms with Gasteiger partial charge in [0.1, 0.15) is 11.5 Å². The number of benzene rings is 2. The van der Waals surface area contributed by atoms with Crippen molar-refractivity contribution in [2.24, 2.45) is 0 Å². The van der Waals surface area contributed by atoms with Gasteiger partial charge in [-0.25, -0.2) is 0 Å². The Morgan fingerprint density at radius 2 is 1.84 bits per heavy atom. The molecule has 19 heavy (non-hydrogen) atoms. The maximum absolute atomic E-state index is 5.96. The highest BCUT2D eigenvalue weighted by molar-refractivity contribution is 7.98. The first-order valence-corrected chi connectivity index (χ1v) is 7.51. The van der Waals surface area contributed by atoms with Gasteiger partial charge < -0.3 is 10.1 Å². The fraction of sp³-hybridized carbons (Fsp3) is 0.250. The minimum atomic E-state index is 0.849. The van der Waals surface area contributed by atoms with E-state index in [1.54, 1.807) is 11.8 Å². The van der Waals surface area contributed by atoms with Crippen LogP contribution in [0.1, 0.15) is 11.1 Å². The van der Waals surface area contributed by atoms with E-state index in [4.69, 9.17) is 4.74 Å². The summed E-state index contributed by atoms with van der Waals surface area (Å²) >= 11 is 1.73. The second kappa shape index (κ2) is 6.64. The van der Waals surface area contributed by atoms with Gasteiger partial charge in [-0.05, 0) is 61.7 Å². The molecular weight excluding hydrogens is 254 g/mol. The van der Waals surface area contributed by atoms with Crippen molar-refractivity contribution in [3.8, 4) is 11.5 Å². The van der Waals surface area contributed by atoms with E-state index in [1.807, 2.05) is 19.2 Å². The normalized spacial score (nSPS) is 10.5. The summed E-state index contributed by atoms with van der Waals surface area (Å²) in [4.78, 5) is 1.24. The van der Waals surface area contributed by atoms with Gasteiger partial charge in [0.2, 0.25) is 0 Å². The fourth-order valence-electron chi connectivity index (χ4n) is 1.84. The second-order valence-corrected chi connectivity index (χ2v) is 5.29. The van der Waals surface area contributed by atoms with Gasteiger partial charge in [-0.15, -0.1) is 11.8 Å². The van der Waals surface area contributed by atoms with E-state index in [0.29, 0.717) is 0 Å². The van der Waals surface area contributed by atoms with E-state index in [-0.39, 0.29) is 0 Å². The molecule has 0 unspecified atom stereocenters. The van der Waals surface area contributed by atoms with Crippen LogP contribution in [-0.2, 0) is 6.54 Å². The average Bonchev–Trinajstić information content (AvgIpc) is 2.44. The molecule has 0 aliphatic carbocycles. The second-order valence-electron chi connectivity index (χ2n) is 4.41. The molecule has 1 N–H and O–H groups in total. The monoisotopic (exact) mass is 273 g/mol. The van der Waals surface area contributed by atoms with Crippen molar-refractivity contribution >= 4 is 11.8 Å². The van der Waals surface area contributed by atoms with Gasteiger partial charge in [0.15, 0.2) is 0 Å². The molecule has 0 amide bonds. The molecule has 0 aliphatic heterocycles. The number of hydrogen-bond donors (Lipinski definition) is 1. The molecule has 2 aromatic rings. The van der Waals surface area contributed by atoms with E-state index >= 15 is 0 Å². The number of aryl methyl sites for hydroxylation is 1. The van der Waals surface area contributed by atoms with E-state index < -0.39 is 0 Å². The van der Waals surface area contributed by atoms with Crippen molar-refractivity contribution in [2.75, 3.05) is 13.3 Å². The van der Waals surface area contributed by atoms with Gasteiger partial charge in [-0.3, -0.25) is 0 Å². The first kappa shape index (κ1) is 14.0. The molecule has 3 heteroatoms. The molecule has 0 fully saturated rings. The summed E-state index contributed by atoms with van der Waals surface area (Å²) in [5.41, 5.74) is 2.37. The predicted octanol–water partition coefficient (Wildman–Crippen LogP) is 4.23. The third-order valence-corrected chi connectivity index (χ3v) is 3.66. The lowest BCUT2D eigenvalue weighted by Crippen LogP contribution is -2.05. The summed E-state index contributed by atoms with van der Waals surface area (Å²) in [7, 11) is 1.95. The number of ether oxygens (including phenoxy) is 1. The third kappa shape index (κ3) is 3.75. The minimum absolute atomic E-state index is 0.849. The van der Waals surface area contributed by atoms with Gasteiger partial charge in [-0.1, -0.05) is 12.1 Å². The maximum Gasteiger partial charge on any atom is 0.130 e. The molecule has 0 saturated heterocycles. The van der Waals surface area contributed by atoms with Gasteiger partial charge in [0.25, 0.3) is 0 Å². The first-order chi connectivity index (χ1) is 9.22. The van der Waals surface area contributed by atoms with Crippen molar-refractivity contribution in [3.05, 3.63) is 53.6 Å².